The molecule has 2 unspecified atom stereocenters. The molecule has 30 heavy (non-hydrogen) atoms. The maximum Gasteiger partial charge on any atom is 0.416 e. The molecule has 2 amide bonds. The van der Waals surface area contributed by atoms with Crippen molar-refractivity contribution in [2.24, 2.45) is 5.92 Å². The molecule has 0 radical (unpaired) electrons. The zero-order valence-corrected chi connectivity index (χ0v) is 18.0. The molecule has 0 spiro atoms. The Morgan fingerprint density at radius 3 is 2.73 bits per heavy atom. The lowest BCUT2D eigenvalue weighted by atomic mass is 9.98. The Balaban J connectivity index is 1.64. The summed E-state index contributed by atoms with van der Waals surface area (Å²) in [5.41, 5.74) is 1.97. The minimum atomic E-state index is -0.570. The molecule has 2 aromatic carbocycles. The van der Waals surface area contributed by atoms with E-state index in [4.69, 9.17) is 21.1 Å². The van der Waals surface area contributed by atoms with Crippen LogP contribution in [0.25, 0.3) is 0 Å². The fourth-order valence-corrected chi connectivity index (χ4v) is 3.75. The van der Waals surface area contributed by atoms with E-state index in [2.05, 4.69) is 5.32 Å². The van der Waals surface area contributed by atoms with E-state index in [-0.39, 0.29) is 24.5 Å². The number of hydrogen-bond acceptors (Lipinski definition) is 5. The minimum absolute atomic E-state index is 0.219. The van der Waals surface area contributed by atoms with Gasteiger partial charge in [-0.1, -0.05) is 54.9 Å². The standard InChI is InChI=1S/C23H27ClN2O4/c1-16(12-18-8-9-21(20(24)14-18)29-11-10-25-2)22(27)26-19(15-30-23(26)28)13-17-6-4-3-5-7-17/h3-9,14,16,19,25H,10-13,15H2,1-2H3. The molecule has 1 saturated heterocycles. The molecule has 0 aliphatic carbocycles. The van der Waals surface area contributed by atoms with Gasteiger partial charge < -0.3 is 14.8 Å². The number of nitrogens with one attached hydrogen (secondary N) is 1. The molecule has 1 fully saturated rings. The van der Waals surface area contributed by atoms with E-state index in [0.29, 0.717) is 30.2 Å². The van der Waals surface area contributed by atoms with Crippen LogP contribution in [0.3, 0.4) is 0 Å². The van der Waals surface area contributed by atoms with Crippen molar-refractivity contribution in [2.75, 3.05) is 26.8 Å². The molecule has 7 heteroatoms. The topological polar surface area (TPSA) is 67.9 Å². The van der Waals surface area contributed by atoms with E-state index in [9.17, 15) is 9.59 Å². The summed E-state index contributed by atoms with van der Waals surface area (Å²) in [6.45, 7) is 3.28. The minimum Gasteiger partial charge on any atom is -0.491 e. The molecule has 160 valence electrons. The zero-order chi connectivity index (χ0) is 21.5. The van der Waals surface area contributed by atoms with Crippen molar-refractivity contribution in [2.45, 2.75) is 25.8 Å². The fourth-order valence-electron chi connectivity index (χ4n) is 3.50. The molecule has 0 saturated carbocycles. The van der Waals surface area contributed by atoms with Crippen LogP contribution in [0.4, 0.5) is 4.79 Å². The Bertz CT molecular complexity index is 875. The molecule has 2 atom stereocenters. The highest BCUT2D eigenvalue weighted by atomic mass is 35.5. The lowest BCUT2D eigenvalue weighted by Crippen LogP contribution is -2.43. The molecule has 0 aromatic heterocycles. The largest absolute Gasteiger partial charge is 0.491 e. The second kappa shape index (κ2) is 10.5. The lowest BCUT2D eigenvalue weighted by molar-refractivity contribution is -0.132. The third-order valence-corrected chi connectivity index (χ3v) is 5.38. The smallest absolute Gasteiger partial charge is 0.416 e. The summed E-state index contributed by atoms with van der Waals surface area (Å²) in [5.74, 6) is -0.00866. The molecule has 0 bridgehead atoms. The van der Waals surface area contributed by atoms with Crippen LogP contribution in [-0.4, -0.2) is 49.7 Å². The number of rotatable bonds is 9. The van der Waals surface area contributed by atoms with Gasteiger partial charge in [0.15, 0.2) is 0 Å². The molecule has 3 rings (SSSR count). The summed E-state index contributed by atoms with van der Waals surface area (Å²) in [7, 11) is 1.85. The number of carbonyl (C=O) groups excluding carboxylic acids is 2. The van der Waals surface area contributed by atoms with Gasteiger partial charge in [0.2, 0.25) is 5.91 Å². The van der Waals surface area contributed by atoms with E-state index in [0.717, 1.165) is 17.7 Å². The van der Waals surface area contributed by atoms with Crippen molar-refractivity contribution >= 4 is 23.6 Å². The van der Waals surface area contributed by atoms with Crippen molar-refractivity contribution in [1.29, 1.82) is 0 Å². The molecular weight excluding hydrogens is 404 g/mol. The van der Waals surface area contributed by atoms with E-state index >= 15 is 0 Å². The molecule has 1 aliphatic heterocycles. The van der Waals surface area contributed by atoms with Crippen molar-refractivity contribution in [3.8, 4) is 5.75 Å². The first-order chi connectivity index (χ1) is 14.5. The normalized spacial score (nSPS) is 17.0. The summed E-state index contributed by atoms with van der Waals surface area (Å²) >= 11 is 6.32. The Morgan fingerprint density at radius 1 is 1.27 bits per heavy atom. The van der Waals surface area contributed by atoms with E-state index in [1.165, 1.54) is 4.90 Å². The maximum absolute atomic E-state index is 13.0. The van der Waals surface area contributed by atoms with Gasteiger partial charge in [0.25, 0.3) is 0 Å². The molecule has 1 N–H and O–H groups in total. The van der Waals surface area contributed by atoms with Gasteiger partial charge in [-0.15, -0.1) is 0 Å². The summed E-state index contributed by atoms with van der Waals surface area (Å²) in [6.07, 6.45) is 0.478. The summed E-state index contributed by atoms with van der Waals surface area (Å²) in [4.78, 5) is 26.6. The van der Waals surface area contributed by atoms with Gasteiger partial charge in [-0.3, -0.25) is 4.79 Å². The Labute approximate surface area is 182 Å². The van der Waals surface area contributed by atoms with Crippen LogP contribution in [0.1, 0.15) is 18.1 Å². The van der Waals surface area contributed by atoms with Crippen LogP contribution < -0.4 is 10.1 Å². The fraction of sp³-hybridized carbons (Fsp3) is 0.391. The first kappa shape index (κ1) is 22.1. The van der Waals surface area contributed by atoms with Gasteiger partial charge in [0.1, 0.15) is 19.0 Å². The van der Waals surface area contributed by atoms with Crippen molar-refractivity contribution in [1.82, 2.24) is 10.2 Å². The van der Waals surface area contributed by atoms with Gasteiger partial charge >= 0.3 is 6.09 Å². The Hall–Kier alpha value is -2.57. The van der Waals surface area contributed by atoms with Crippen molar-refractivity contribution in [3.63, 3.8) is 0 Å². The molecule has 6 nitrogen and oxygen atoms in total. The molecule has 1 heterocycles. The van der Waals surface area contributed by atoms with Crippen LogP contribution in [0, 0.1) is 5.92 Å². The number of likely N-dealkylation sites (N-methyl/N-ethyl adjacent to an activating group) is 1. The number of benzene rings is 2. The number of cyclic esters (lactones) is 1. The average Bonchev–Trinajstić information content (AvgIpc) is 3.09. The quantitative estimate of drug-likeness (QED) is 0.614. The predicted molar refractivity (Wildman–Crippen MR) is 116 cm³/mol. The molecule has 1 aliphatic rings. The average molecular weight is 431 g/mol. The van der Waals surface area contributed by atoms with Gasteiger partial charge in [-0.05, 0) is 43.1 Å². The number of imide groups is 1. The second-order valence-electron chi connectivity index (χ2n) is 7.45. The van der Waals surface area contributed by atoms with E-state index in [1.807, 2.05) is 62.5 Å². The van der Waals surface area contributed by atoms with Crippen LogP contribution in [0.2, 0.25) is 5.02 Å². The number of carbonyl (C=O) groups is 2. The third-order valence-electron chi connectivity index (χ3n) is 5.08. The highest BCUT2D eigenvalue weighted by molar-refractivity contribution is 6.32. The highest BCUT2D eigenvalue weighted by Gasteiger charge is 2.39. The molecule has 2 aromatic rings. The van der Waals surface area contributed by atoms with Crippen LogP contribution in [0.5, 0.6) is 5.75 Å². The monoisotopic (exact) mass is 430 g/mol. The summed E-state index contributed by atoms with van der Waals surface area (Å²) in [5, 5.41) is 3.51. The molecular formula is C23H27ClN2O4. The Kier molecular flexibility index (Phi) is 7.71. The number of amides is 2. The lowest BCUT2D eigenvalue weighted by Gasteiger charge is -2.23. The number of halogens is 1. The van der Waals surface area contributed by atoms with Gasteiger partial charge in [0, 0.05) is 12.5 Å². The maximum atomic E-state index is 13.0. The highest BCUT2D eigenvalue weighted by Crippen LogP contribution is 2.27. The first-order valence-electron chi connectivity index (χ1n) is 10.1. The van der Waals surface area contributed by atoms with Crippen LogP contribution in [0.15, 0.2) is 48.5 Å². The van der Waals surface area contributed by atoms with Gasteiger partial charge in [-0.25, -0.2) is 9.69 Å². The summed E-state index contributed by atoms with van der Waals surface area (Å²) < 4.78 is 10.8. The Morgan fingerprint density at radius 2 is 2.03 bits per heavy atom. The van der Waals surface area contributed by atoms with Crippen molar-refractivity contribution < 1.29 is 19.1 Å². The third kappa shape index (κ3) is 5.52. The van der Waals surface area contributed by atoms with Gasteiger partial charge in [-0.2, -0.15) is 0 Å². The first-order valence-corrected chi connectivity index (χ1v) is 10.5. The van der Waals surface area contributed by atoms with E-state index < -0.39 is 6.09 Å². The SMILES string of the molecule is CNCCOc1ccc(CC(C)C(=O)N2C(=O)OCC2Cc2ccccc2)cc1Cl. The van der Waals surface area contributed by atoms with Crippen LogP contribution in [-0.2, 0) is 22.4 Å². The predicted octanol–water partition coefficient (Wildman–Crippen LogP) is 3.71. The second-order valence-corrected chi connectivity index (χ2v) is 7.86. The van der Waals surface area contributed by atoms with E-state index in [1.54, 1.807) is 0 Å². The number of nitrogens with zero attached hydrogens (tertiary/aromatic N) is 1. The van der Waals surface area contributed by atoms with Gasteiger partial charge in [0.05, 0.1) is 11.1 Å². The summed E-state index contributed by atoms with van der Waals surface area (Å²) in [6, 6.07) is 15.0. The number of hydrogen-bond donors (Lipinski definition) is 1. The zero-order valence-electron chi connectivity index (χ0n) is 17.3. The van der Waals surface area contributed by atoms with Crippen molar-refractivity contribution in [3.05, 3.63) is 64.7 Å². The number of ether oxygens (including phenoxy) is 2. The van der Waals surface area contributed by atoms with Crippen LogP contribution >= 0.6 is 11.6 Å².